The molecule has 2 atom stereocenters. The monoisotopic (exact) mass is 316 g/mol. The number of rotatable bonds is 3. The summed E-state index contributed by atoms with van der Waals surface area (Å²) in [5, 5.41) is 7.09. The van der Waals surface area contributed by atoms with Crippen LogP contribution >= 0.6 is 24.0 Å². The molecule has 1 fully saturated rings. The number of amides is 1. The number of piperidine rings is 1. The Hall–Kier alpha value is -0.770. The third-order valence-corrected chi connectivity index (χ3v) is 4.24. The quantitative estimate of drug-likeness (QED) is 0.899. The van der Waals surface area contributed by atoms with Crippen molar-refractivity contribution in [3.05, 3.63) is 34.3 Å². The lowest BCUT2D eigenvalue weighted by molar-refractivity contribution is 0.0922. The van der Waals surface area contributed by atoms with Crippen molar-refractivity contribution in [2.24, 2.45) is 5.92 Å². The van der Waals surface area contributed by atoms with Gasteiger partial charge in [-0.25, -0.2) is 0 Å². The summed E-state index contributed by atoms with van der Waals surface area (Å²) in [5.74, 6) is 0.471. The van der Waals surface area contributed by atoms with Crippen molar-refractivity contribution in [3.8, 4) is 0 Å². The number of hydrogen-bond donors (Lipinski definition) is 2. The summed E-state index contributed by atoms with van der Waals surface area (Å²) in [5.41, 5.74) is 1.62. The Morgan fingerprint density at radius 2 is 2.25 bits per heavy atom. The zero-order valence-corrected chi connectivity index (χ0v) is 13.5. The van der Waals surface area contributed by atoms with E-state index in [1.165, 1.54) is 12.8 Å². The van der Waals surface area contributed by atoms with Crippen LogP contribution in [0.15, 0.2) is 18.2 Å². The first-order valence-electron chi connectivity index (χ1n) is 6.85. The van der Waals surface area contributed by atoms with Crippen molar-refractivity contribution in [2.75, 3.05) is 13.1 Å². The predicted octanol–water partition coefficient (Wildman–Crippen LogP) is 3.19. The maximum atomic E-state index is 12.2. The Morgan fingerprint density at radius 3 is 2.85 bits per heavy atom. The summed E-state index contributed by atoms with van der Waals surface area (Å²) in [7, 11) is 0. The van der Waals surface area contributed by atoms with E-state index in [9.17, 15) is 4.79 Å². The van der Waals surface area contributed by atoms with E-state index in [4.69, 9.17) is 11.6 Å². The zero-order valence-electron chi connectivity index (χ0n) is 11.9. The molecule has 20 heavy (non-hydrogen) atoms. The number of carbonyl (C=O) groups is 1. The Morgan fingerprint density at radius 1 is 1.50 bits per heavy atom. The fourth-order valence-electron chi connectivity index (χ4n) is 2.45. The zero-order chi connectivity index (χ0) is 13.8. The highest BCUT2D eigenvalue weighted by atomic mass is 35.5. The van der Waals surface area contributed by atoms with Crippen LogP contribution in [0.3, 0.4) is 0 Å². The Bertz CT molecular complexity index is 459. The number of halogens is 2. The molecule has 0 radical (unpaired) electrons. The second-order valence-corrected chi connectivity index (χ2v) is 5.74. The van der Waals surface area contributed by atoms with E-state index in [-0.39, 0.29) is 24.4 Å². The molecule has 1 aliphatic rings. The molecule has 1 heterocycles. The molecule has 2 unspecified atom stereocenters. The normalized spacial score (nSPS) is 19.9. The summed E-state index contributed by atoms with van der Waals surface area (Å²) < 4.78 is 0. The van der Waals surface area contributed by atoms with Crippen LogP contribution in [-0.2, 0) is 0 Å². The third-order valence-electron chi connectivity index (χ3n) is 3.83. The fourth-order valence-corrected chi connectivity index (χ4v) is 2.63. The molecule has 2 N–H and O–H groups in total. The van der Waals surface area contributed by atoms with E-state index in [1.54, 1.807) is 6.07 Å². The van der Waals surface area contributed by atoms with Crippen LogP contribution < -0.4 is 10.6 Å². The summed E-state index contributed by atoms with van der Waals surface area (Å²) in [6.45, 7) is 6.08. The van der Waals surface area contributed by atoms with Crippen molar-refractivity contribution in [1.29, 1.82) is 0 Å². The fraction of sp³-hybridized carbons (Fsp3) is 0.533. The number of aryl methyl sites for hydroxylation is 1. The van der Waals surface area contributed by atoms with Crippen LogP contribution in [0.2, 0.25) is 5.02 Å². The number of hydrogen-bond acceptors (Lipinski definition) is 2. The highest BCUT2D eigenvalue weighted by Gasteiger charge is 2.21. The van der Waals surface area contributed by atoms with Crippen molar-refractivity contribution in [2.45, 2.75) is 32.7 Å². The van der Waals surface area contributed by atoms with E-state index >= 15 is 0 Å². The molecule has 2 rings (SSSR count). The van der Waals surface area contributed by atoms with Gasteiger partial charge in [-0.3, -0.25) is 4.79 Å². The van der Waals surface area contributed by atoms with Crippen molar-refractivity contribution < 1.29 is 4.79 Å². The first-order chi connectivity index (χ1) is 9.08. The molecular weight excluding hydrogens is 295 g/mol. The van der Waals surface area contributed by atoms with Gasteiger partial charge in [-0.1, -0.05) is 17.7 Å². The minimum Gasteiger partial charge on any atom is -0.349 e. The van der Waals surface area contributed by atoms with Crippen LogP contribution in [0, 0.1) is 12.8 Å². The predicted molar refractivity (Wildman–Crippen MR) is 86.0 cm³/mol. The van der Waals surface area contributed by atoms with Gasteiger partial charge in [0.15, 0.2) is 0 Å². The topological polar surface area (TPSA) is 41.1 Å². The lowest BCUT2D eigenvalue weighted by Gasteiger charge is -2.29. The van der Waals surface area contributed by atoms with Gasteiger partial charge in [0.05, 0.1) is 0 Å². The van der Waals surface area contributed by atoms with Crippen LogP contribution in [0.5, 0.6) is 0 Å². The molecular formula is C15H22Cl2N2O. The van der Waals surface area contributed by atoms with Gasteiger partial charge in [0.2, 0.25) is 0 Å². The molecule has 0 spiro atoms. The van der Waals surface area contributed by atoms with Gasteiger partial charge in [0, 0.05) is 16.6 Å². The first kappa shape index (κ1) is 17.3. The number of nitrogens with one attached hydrogen (secondary N) is 2. The average Bonchev–Trinajstić information content (AvgIpc) is 2.42. The second-order valence-electron chi connectivity index (χ2n) is 5.33. The SMILES string of the molecule is Cc1ccc(C(=O)NC(C)C2CCCNC2)cc1Cl.Cl. The van der Waals surface area contributed by atoms with Gasteiger partial charge < -0.3 is 10.6 Å². The summed E-state index contributed by atoms with van der Waals surface area (Å²) in [6.07, 6.45) is 2.35. The largest absolute Gasteiger partial charge is 0.349 e. The molecule has 0 saturated carbocycles. The molecule has 1 aliphatic heterocycles. The Labute approximate surface area is 131 Å². The molecule has 1 aromatic rings. The van der Waals surface area contributed by atoms with Gasteiger partial charge >= 0.3 is 0 Å². The molecule has 0 aliphatic carbocycles. The molecule has 0 bridgehead atoms. The standard InChI is InChI=1S/C15H21ClN2O.ClH/c1-10-5-6-12(8-14(10)16)15(19)18-11(2)13-4-3-7-17-9-13;/h5-6,8,11,13,17H,3-4,7,9H2,1-2H3,(H,18,19);1H. The Balaban J connectivity index is 0.00000200. The van der Waals surface area contributed by atoms with Crippen molar-refractivity contribution in [1.82, 2.24) is 10.6 Å². The lowest BCUT2D eigenvalue weighted by atomic mass is 9.92. The van der Waals surface area contributed by atoms with Crippen LogP contribution in [-0.4, -0.2) is 25.0 Å². The minimum atomic E-state index is -0.0417. The van der Waals surface area contributed by atoms with E-state index in [0.29, 0.717) is 16.5 Å². The van der Waals surface area contributed by atoms with Crippen molar-refractivity contribution in [3.63, 3.8) is 0 Å². The molecule has 0 aromatic heterocycles. The minimum absolute atomic E-state index is 0. The van der Waals surface area contributed by atoms with Gasteiger partial charge in [0.1, 0.15) is 0 Å². The average molecular weight is 317 g/mol. The van der Waals surface area contributed by atoms with Gasteiger partial charge in [-0.15, -0.1) is 12.4 Å². The molecule has 3 nitrogen and oxygen atoms in total. The van der Waals surface area contributed by atoms with E-state index in [0.717, 1.165) is 18.7 Å². The number of carbonyl (C=O) groups excluding carboxylic acids is 1. The molecule has 1 aromatic carbocycles. The molecule has 5 heteroatoms. The highest BCUT2D eigenvalue weighted by molar-refractivity contribution is 6.31. The van der Waals surface area contributed by atoms with Crippen LogP contribution in [0.1, 0.15) is 35.7 Å². The lowest BCUT2D eigenvalue weighted by Crippen LogP contribution is -2.44. The van der Waals surface area contributed by atoms with Crippen LogP contribution in [0.25, 0.3) is 0 Å². The maximum absolute atomic E-state index is 12.2. The maximum Gasteiger partial charge on any atom is 0.251 e. The summed E-state index contributed by atoms with van der Waals surface area (Å²) in [6, 6.07) is 5.62. The highest BCUT2D eigenvalue weighted by Crippen LogP contribution is 2.18. The summed E-state index contributed by atoms with van der Waals surface area (Å²) >= 11 is 6.05. The van der Waals surface area contributed by atoms with E-state index in [1.807, 2.05) is 19.1 Å². The van der Waals surface area contributed by atoms with Crippen molar-refractivity contribution >= 4 is 29.9 Å². The summed E-state index contributed by atoms with van der Waals surface area (Å²) in [4.78, 5) is 12.2. The van der Waals surface area contributed by atoms with Crippen LogP contribution in [0.4, 0.5) is 0 Å². The first-order valence-corrected chi connectivity index (χ1v) is 7.23. The van der Waals surface area contributed by atoms with E-state index in [2.05, 4.69) is 17.6 Å². The second kappa shape index (κ2) is 7.87. The Kier molecular flexibility index (Phi) is 6.80. The molecule has 1 amide bonds. The van der Waals surface area contributed by atoms with E-state index < -0.39 is 0 Å². The van der Waals surface area contributed by atoms with Gasteiger partial charge in [-0.2, -0.15) is 0 Å². The molecule has 112 valence electrons. The van der Waals surface area contributed by atoms with Gasteiger partial charge in [-0.05, 0) is 63.4 Å². The third kappa shape index (κ3) is 4.37. The smallest absolute Gasteiger partial charge is 0.251 e. The number of benzene rings is 1. The van der Waals surface area contributed by atoms with Gasteiger partial charge in [0.25, 0.3) is 5.91 Å². The molecule has 1 saturated heterocycles.